The van der Waals surface area contributed by atoms with Gasteiger partial charge in [-0.15, -0.1) is 0 Å². The lowest BCUT2D eigenvalue weighted by Gasteiger charge is -2.34. The quantitative estimate of drug-likeness (QED) is 0.683. The van der Waals surface area contributed by atoms with E-state index < -0.39 is 0 Å². The molecule has 0 spiro atoms. The number of aliphatic hydroxyl groups is 1. The molecular formula is C12H25N3O2. The Bertz CT molecular complexity index is 248. The zero-order valence-corrected chi connectivity index (χ0v) is 10.9. The second kappa shape index (κ2) is 6.93. The van der Waals surface area contributed by atoms with Crippen molar-refractivity contribution in [3.63, 3.8) is 0 Å². The molecule has 1 aliphatic rings. The molecule has 0 aromatic heterocycles. The van der Waals surface area contributed by atoms with E-state index in [9.17, 15) is 9.90 Å². The SMILES string of the molecule is CC1CCN(CC(=O)N(C)CCCN)CC1O. The van der Waals surface area contributed by atoms with E-state index in [0.29, 0.717) is 32.1 Å². The maximum Gasteiger partial charge on any atom is 0.236 e. The molecule has 5 heteroatoms. The van der Waals surface area contributed by atoms with E-state index >= 15 is 0 Å². The van der Waals surface area contributed by atoms with E-state index in [0.717, 1.165) is 19.4 Å². The van der Waals surface area contributed by atoms with Crippen molar-refractivity contribution < 1.29 is 9.90 Å². The van der Waals surface area contributed by atoms with Crippen LogP contribution in [-0.2, 0) is 4.79 Å². The second-order valence-corrected chi connectivity index (χ2v) is 5.03. The standard InChI is InChI=1S/C12H25N3O2/c1-10-4-7-15(8-11(10)16)9-12(17)14(2)6-3-5-13/h10-11,16H,3-9,13H2,1-2H3. The Morgan fingerprint density at radius 1 is 1.59 bits per heavy atom. The molecule has 1 heterocycles. The van der Waals surface area contributed by atoms with Crippen LogP contribution in [0.4, 0.5) is 0 Å². The summed E-state index contributed by atoms with van der Waals surface area (Å²) in [4.78, 5) is 15.6. The summed E-state index contributed by atoms with van der Waals surface area (Å²) in [5.41, 5.74) is 5.41. The number of rotatable bonds is 5. The van der Waals surface area contributed by atoms with Crippen LogP contribution in [0, 0.1) is 5.92 Å². The number of likely N-dealkylation sites (tertiary alicyclic amines) is 1. The molecule has 0 radical (unpaired) electrons. The molecule has 1 rings (SSSR count). The van der Waals surface area contributed by atoms with Gasteiger partial charge in [0, 0.05) is 20.1 Å². The highest BCUT2D eigenvalue weighted by molar-refractivity contribution is 5.77. The summed E-state index contributed by atoms with van der Waals surface area (Å²) >= 11 is 0. The van der Waals surface area contributed by atoms with Crippen molar-refractivity contribution in [2.24, 2.45) is 11.7 Å². The van der Waals surface area contributed by atoms with Crippen LogP contribution in [0.2, 0.25) is 0 Å². The molecule has 5 nitrogen and oxygen atoms in total. The molecule has 17 heavy (non-hydrogen) atoms. The number of carbonyl (C=O) groups is 1. The molecule has 3 N–H and O–H groups in total. The third-order valence-electron chi connectivity index (χ3n) is 3.49. The first kappa shape index (κ1) is 14.4. The number of amides is 1. The lowest BCUT2D eigenvalue weighted by molar-refractivity contribution is -0.132. The minimum Gasteiger partial charge on any atom is -0.392 e. The van der Waals surface area contributed by atoms with Crippen LogP contribution in [0.1, 0.15) is 19.8 Å². The molecule has 100 valence electrons. The molecular weight excluding hydrogens is 218 g/mol. The number of likely N-dealkylation sites (N-methyl/N-ethyl adjacent to an activating group) is 1. The van der Waals surface area contributed by atoms with Gasteiger partial charge in [-0.3, -0.25) is 9.69 Å². The summed E-state index contributed by atoms with van der Waals surface area (Å²) in [5.74, 6) is 0.455. The average Bonchev–Trinajstić information content (AvgIpc) is 2.30. The van der Waals surface area contributed by atoms with Crippen LogP contribution in [-0.4, -0.2) is 66.7 Å². The van der Waals surface area contributed by atoms with Gasteiger partial charge in [-0.1, -0.05) is 6.92 Å². The molecule has 1 amide bonds. The molecule has 0 bridgehead atoms. The van der Waals surface area contributed by atoms with Gasteiger partial charge >= 0.3 is 0 Å². The monoisotopic (exact) mass is 243 g/mol. The zero-order valence-electron chi connectivity index (χ0n) is 10.9. The number of aliphatic hydroxyl groups excluding tert-OH is 1. The van der Waals surface area contributed by atoms with E-state index in [1.807, 2.05) is 4.90 Å². The van der Waals surface area contributed by atoms with Gasteiger partial charge < -0.3 is 15.7 Å². The molecule has 0 aromatic rings. The second-order valence-electron chi connectivity index (χ2n) is 5.03. The lowest BCUT2D eigenvalue weighted by atomic mass is 9.96. The lowest BCUT2D eigenvalue weighted by Crippen LogP contribution is -2.47. The Hall–Kier alpha value is -0.650. The van der Waals surface area contributed by atoms with Gasteiger partial charge in [0.1, 0.15) is 0 Å². The van der Waals surface area contributed by atoms with Crippen molar-refractivity contribution in [1.82, 2.24) is 9.80 Å². The maximum atomic E-state index is 11.9. The Kier molecular flexibility index (Phi) is 5.88. The minimum absolute atomic E-state index is 0.111. The Balaban J connectivity index is 2.31. The van der Waals surface area contributed by atoms with Crippen molar-refractivity contribution in [1.29, 1.82) is 0 Å². The van der Waals surface area contributed by atoms with Crippen molar-refractivity contribution in [3.05, 3.63) is 0 Å². The van der Waals surface area contributed by atoms with Gasteiger partial charge in [0.2, 0.25) is 5.91 Å². The fourth-order valence-corrected chi connectivity index (χ4v) is 2.02. The third-order valence-corrected chi connectivity index (χ3v) is 3.49. The number of nitrogens with zero attached hydrogens (tertiary/aromatic N) is 2. The summed E-state index contributed by atoms with van der Waals surface area (Å²) in [5, 5.41) is 9.76. The molecule has 1 saturated heterocycles. The predicted octanol–water partition coefficient (Wildman–Crippen LogP) is -0.504. The predicted molar refractivity (Wildman–Crippen MR) is 67.5 cm³/mol. The van der Waals surface area contributed by atoms with E-state index in [2.05, 4.69) is 6.92 Å². The number of β-amino-alcohol motifs (C(OH)–C–C–N with tert-alkyl or cyclic N) is 1. The summed E-state index contributed by atoms with van der Waals surface area (Å²) in [6, 6.07) is 0. The highest BCUT2D eigenvalue weighted by atomic mass is 16.3. The number of hydrogen-bond donors (Lipinski definition) is 2. The Labute approximate surface area is 104 Å². The molecule has 2 atom stereocenters. The van der Waals surface area contributed by atoms with Crippen LogP contribution in [0.25, 0.3) is 0 Å². The highest BCUT2D eigenvalue weighted by Gasteiger charge is 2.25. The molecule has 0 aromatic carbocycles. The number of piperidine rings is 1. The van der Waals surface area contributed by atoms with E-state index in [4.69, 9.17) is 5.73 Å². The van der Waals surface area contributed by atoms with E-state index in [-0.39, 0.29) is 12.0 Å². The van der Waals surface area contributed by atoms with Gasteiger partial charge in [-0.25, -0.2) is 0 Å². The normalized spacial score (nSPS) is 25.9. The van der Waals surface area contributed by atoms with Crippen molar-refractivity contribution >= 4 is 5.91 Å². The molecule has 0 saturated carbocycles. The number of hydrogen-bond acceptors (Lipinski definition) is 4. The third kappa shape index (κ3) is 4.61. The first-order valence-electron chi connectivity index (χ1n) is 6.39. The summed E-state index contributed by atoms with van der Waals surface area (Å²) in [6.45, 7) is 5.29. The Morgan fingerprint density at radius 3 is 2.88 bits per heavy atom. The zero-order chi connectivity index (χ0) is 12.8. The maximum absolute atomic E-state index is 11.9. The number of nitrogens with two attached hydrogens (primary N) is 1. The van der Waals surface area contributed by atoms with Crippen LogP contribution >= 0.6 is 0 Å². The molecule has 0 aliphatic carbocycles. The summed E-state index contributed by atoms with van der Waals surface area (Å²) in [7, 11) is 1.81. The van der Waals surface area contributed by atoms with E-state index in [1.54, 1.807) is 11.9 Å². The summed E-state index contributed by atoms with van der Waals surface area (Å²) in [6.07, 6.45) is 1.49. The number of carbonyl (C=O) groups excluding carboxylic acids is 1. The smallest absolute Gasteiger partial charge is 0.236 e. The van der Waals surface area contributed by atoms with Gasteiger partial charge in [0.25, 0.3) is 0 Å². The molecule has 1 aliphatic heterocycles. The Morgan fingerprint density at radius 2 is 2.29 bits per heavy atom. The van der Waals surface area contributed by atoms with Gasteiger partial charge in [0.05, 0.1) is 12.6 Å². The van der Waals surface area contributed by atoms with Crippen molar-refractivity contribution in [3.8, 4) is 0 Å². The fourth-order valence-electron chi connectivity index (χ4n) is 2.02. The first-order valence-corrected chi connectivity index (χ1v) is 6.39. The van der Waals surface area contributed by atoms with Crippen LogP contribution in [0.3, 0.4) is 0 Å². The van der Waals surface area contributed by atoms with Gasteiger partial charge in [-0.2, -0.15) is 0 Å². The largest absolute Gasteiger partial charge is 0.392 e. The average molecular weight is 243 g/mol. The van der Waals surface area contributed by atoms with Gasteiger partial charge in [-0.05, 0) is 31.8 Å². The molecule has 2 unspecified atom stereocenters. The van der Waals surface area contributed by atoms with Crippen LogP contribution in [0.15, 0.2) is 0 Å². The van der Waals surface area contributed by atoms with Gasteiger partial charge in [0.15, 0.2) is 0 Å². The van der Waals surface area contributed by atoms with Crippen LogP contribution in [0.5, 0.6) is 0 Å². The van der Waals surface area contributed by atoms with E-state index in [1.165, 1.54) is 0 Å². The van der Waals surface area contributed by atoms with Crippen molar-refractivity contribution in [2.75, 3.05) is 39.8 Å². The van der Waals surface area contributed by atoms with Crippen molar-refractivity contribution in [2.45, 2.75) is 25.9 Å². The highest BCUT2D eigenvalue weighted by Crippen LogP contribution is 2.16. The fraction of sp³-hybridized carbons (Fsp3) is 0.917. The molecule has 1 fully saturated rings. The topological polar surface area (TPSA) is 69.8 Å². The summed E-state index contributed by atoms with van der Waals surface area (Å²) < 4.78 is 0. The minimum atomic E-state index is -0.300. The first-order chi connectivity index (χ1) is 8.04. The van der Waals surface area contributed by atoms with Crippen LogP contribution < -0.4 is 5.73 Å².